The third kappa shape index (κ3) is 8.73. The molecule has 2 aromatic carbocycles. The van der Waals surface area contributed by atoms with Crippen LogP contribution in [0.25, 0.3) is 11.1 Å². The number of benzene rings is 2. The van der Waals surface area contributed by atoms with Gasteiger partial charge in [-0.15, -0.1) is 0 Å². The fourth-order valence-electron chi connectivity index (χ4n) is 6.79. The summed E-state index contributed by atoms with van der Waals surface area (Å²) in [5.74, 6) is -0.0793. The van der Waals surface area contributed by atoms with Gasteiger partial charge in [0, 0.05) is 39.3 Å². The Hall–Kier alpha value is -3.27. The lowest BCUT2D eigenvalue weighted by Gasteiger charge is -2.31. The number of fused-ring (bicyclic) bond motifs is 2. The summed E-state index contributed by atoms with van der Waals surface area (Å²) >= 11 is 0. The number of likely N-dealkylation sites (tertiary alicyclic amines) is 1. The molecule has 1 aromatic heterocycles. The molecule has 2 N–H and O–H groups in total. The lowest BCUT2D eigenvalue weighted by atomic mass is 10.0. The highest BCUT2D eigenvalue weighted by Gasteiger charge is 2.44. The van der Waals surface area contributed by atoms with E-state index in [2.05, 4.69) is 15.2 Å². The molecule has 3 fully saturated rings. The number of nitrogens with zero attached hydrogens (tertiary/aromatic N) is 4. The summed E-state index contributed by atoms with van der Waals surface area (Å²) in [5, 5.41) is 14.5. The maximum Gasteiger partial charge on any atom is 0.407 e. The summed E-state index contributed by atoms with van der Waals surface area (Å²) in [5.41, 5.74) is 1.80. The molecule has 0 spiro atoms. The van der Waals surface area contributed by atoms with Gasteiger partial charge in [0.05, 0.1) is 36.2 Å². The number of nitrogens with one attached hydrogen (secondary N) is 1. The maximum absolute atomic E-state index is 14.2. The summed E-state index contributed by atoms with van der Waals surface area (Å²) in [4.78, 5) is 22.1. The number of hydrogen-bond acceptors (Lipinski definition) is 11. The number of ether oxygens (including phenoxy) is 3. The number of rotatable bonds is 15. The van der Waals surface area contributed by atoms with Crippen LogP contribution in [0.15, 0.2) is 57.8 Å². The minimum absolute atomic E-state index is 0.0387. The van der Waals surface area contributed by atoms with E-state index in [-0.39, 0.29) is 49.1 Å². The van der Waals surface area contributed by atoms with Gasteiger partial charge in [0.15, 0.2) is 11.9 Å². The third-order valence-corrected chi connectivity index (χ3v) is 11.4. The van der Waals surface area contributed by atoms with Crippen molar-refractivity contribution in [3.8, 4) is 0 Å². The summed E-state index contributed by atoms with van der Waals surface area (Å²) in [6, 6.07) is 13.7. The fourth-order valence-corrected chi connectivity index (χ4v) is 8.43. The van der Waals surface area contributed by atoms with Crippen molar-refractivity contribution in [3.05, 3.63) is 54.1 Å². The largest absolute Gasteiger partial charge is 0.443 e. The van der Waals surface area contributed by atoms with Gasteiger partial charge in [-0.1, -0.05) is 44.2 Å². The van der Waals surface area contributed by atoms with Crippen LogP contribution in [0, 0.1) is 11.8 Å². The molecule has 0 saturated carbocycles. The molecule has 6 rings (SSSR count). The van der Waals surface area contributed by atoms with Crippen molar-refractivity contribution in [2.75, 3.05) is 64.4 Å². The Bertz CT molecular complexity index is 1650. The molecule has 0 radical (unpaired) electrons. The van der Waals surface area contributed by atoms with Crippen LogP contribution in [0.5, 0.6) is 0 Å². The minimum Gasteiger partial charge on any atom is -0.443 e. The molecule has 3 aliphatic heterocycles. The van der Waals surface area contributed by atoms with Crippen molar-refractivity contribution in [2.45, 2.75) is 69.0 Å². The van der Waals surface area contributed by atoms with E-state index in [1.807, 2.05) is 56.1 Å². The molecule has 0 bridgehead atoms. The average molecular weight is 700 g/mol. The van der Waals surface area contributed by atoms with Crippen LogP contribution >= 0.6 is 0 Å². The Balaban J connectivity index is 1.17. The average Bonchev–Trinajstić information content (AvgIpc) is 3.89. The lowest BCUT2D eigenvalue weighted by molar-refractivity contribution is -0.0907. The Morgan fingerprint density at radius 3 is 2.65 bits per heavy atom. The highest BCUT2D eigenvalue weighted by atomic mass is 32.2. The number of aromatic nitrogens is 1. The predicted molar refractivity (Wildman–Crippen MR) is 184 cm³/mol. The second kappa shape index (κ2) is 15.7. The smallest absolute Gasteiger partial charge is 0.407 e. The van der Waals surface area contributed by atoms with E-state index in [9.17, 15) is 18.3 Å². The molecule has 49 heavy (non-hydrogen) atoms. The molecular formula is C35H49N5O8S. The molecular weight excluding hydrogens is 650 g/mol. The third-order valence-electron chi connectivity index (χ3n) is 9.53. The highest BCUT2D eigenvalue weighted by Crippen LogP contribution is 2.33. The summed E-state index contributed by atoms with van der Waals surface area (Å²) < 4.78 is 52.6. The molecule has 13 nitrogen and oxygen atoms in total. The van der Waals surface area contributed by atoms with Crippen LogP contribution in [0.1, 0.15) is 38.7 Å². The van der Waals surface area contributed by atoms with Gasteiger partial charge in [0.2, 0.25) is 10.0 Å². The van der Waals surface area contributed by atoms with Gasteiger partial charge >= 0.3 is 6.09 Å². The first-order valence-electron chi connectivity index (χ1n) is 17.3. The summed E-state index contributed by atoms with van der Waals surface area (Å²) in [7, 11) is -2.17. The Morgan fingerprint density at radius 1 is 1.12 bits per heavy atom. The van der Waals surface area contributed by atoms with Crippen LogP contribution in [0.3, 0.4) is 0 Å². The van der Waals surface area contributed by atoms with Gasteiger partial charge < -0.3 is 38.9 Å². The van der Waals surface area contributed by atoms with E-state index in [0.717, 1.165) is 38.2 Å². The van der Waals surface area contributed by atoms with E-state index >= 15 is 0 Å². The molecule has 5 atom stereocenters. The number of amides is 1. The fraction of sp³-hybridized carbons (Fsp3) is 0.600. The number of alkyl carbamates (subject to hydrolysis) is 1. The molecule has 0 unspecified atom stereocenters. The van der Waals surface area contributed by atoms with Crippen molar-refractivity contribution in [1.29, 1.82) is 0 Å². The Labute approximate surface area is 288 Å². The molecule has 4 heterocycles. The number of oxazole rings is 1. The number of hydrogen-bond donors (Lipinski definition) is 2. The molecule has 14 heteroatoms. The first kappa shape index (κ1) is 35.6. The molecule has 3 saturated heterocycles. The number of anilines is 1. The maximum atomic E-state index is 14.2. The lowest BCUT2D eigenvalue weighted by Crippen LogP contribution is -2.51. The number of carbonyl (C=O) groups excluding carboxylic acids is 1. The Kier molecular flexibility index (Phi) is 11.4. The topological polar surface area (TPSA) is 147 Å². The summed E-state index contributed by atoms with van der Waals surface area (Å²) in [6.45, 7) is 8.38. The van der Waals surface area contributed by atoms with Crippen LogP contribution in [0.2, 0.25) is 0 Å². The number of sulfonamides is 1. The normalized spacial score (nSPS) is 22.5. The first-order valence-corrected chi connectivity index (χ1v) is 18.8. The first-order chi connectivity index (χ1) is 23.6. The zero-order valence-corrected chi connectivity index (χ0v) is 29.4. The zero-order chi connectivity index (χ0) is 34.5. The van der Waals surface area contributed by atoms with Gasteiger partial charge in [-0.2, -0.15) is 9.29 Å². The number of aliphatic hydroxyl groups is 1. The van der Waals surface area contributed by atoms with Crippen LogP contribution in [-0.2, 0) is 30.7 Å². The quantitative estimate of drug-likeness (QED) is 0.241. The van der Waals surface area contributed by atoms with Crippen LogP contribution in [0.4, 0.5) is 10.8 Å². The minimum atomic E-state index is -4.09. The van der Waals surface area contributed by atoms with E-state index in [1.54, 1.807) is 6.07 Å². The number of likely N-dealkylation sites (N-methyl/N-ethyl adjacent to an activating group) is 1. The van der Waals surface area contributed by atoms with Gasteiger partial charge in [0.1, 0.15) is 11.6 Å². The predicted octanol–water partition coefficient (Wildman–Crippen LogP) is 3.47. The van der Waals surface area contributed by atoms with E-state index in [0.29, 0.717) is 23.7 Å². The standard InChI is InChI=1S/C35H49N5O8S/c1-24(2)21-40(49(43,44)26-11-12-28-31(20-26)47-34(36-28)38(3)16-17-39-14-7-8-15-39)22-30(41)29(19-25-9-5-4-6-10-25)37-35(42)48-32-23-46-33-27(32)13-18-45-33/h4-6,9-12,20,24,27,29-30,32-33,41H,7-8,13-19,21-23H2,1-3H3,(H,37,42)/t27-,29-,30+,32-,33+/m0/s1. The van der Waals surface area contributed by atoms with Crippen molar-refractivity contribution >= 4 is 33.2 Å². The molecule has 3 aliphatic rings. The monoisotopic (exact) mass is 699 g/mol. The van der Waals surface area contributed by atoms with Crippen molar-refractivity contribution in [2.24, 2.45) is 11.8 Å². The van der Waals surface area contributed by atoms with Gasteiger partial charge in [-0.25, -0.2) is 13.2 Å². The molecule has 3 aromatic rings. The van der Waals surface area contributed by atoms with Gasteiger partial charge in [0.25, 0.3) is 6.01 Å². The zero-order valence-electron chi connectivity index (χ0n) is 28.6. The van der Waals surface area contributed by atoms with Crippen LogP contribution < -0.4 is 10.2 Å². The molecule has 1 amide bonds. The van der Waals surface area contributed by atoms with Gasteiger partial charge in [-0.3, -0.25) is 0 Å². The van der Waals surface area contributed by atoms with E-state index in [4.69, 9.17) is 18.6 Å². The number of aliphatic hydroxyl groups excluding tert-OH is 1. The SMILES string of the molecule is CC(C)CN(C[C@@H](O)[C@H](Cc1ccccc1)NC(=O)O[C@H]1CO[C@H]2OCC[C@H]21)S(=O)(=O)c1ccc2nc(N(C)CCN3CCCC3)oc2c1. The van der Waals surface area contributed by atoms with Gasteiger partial charge in [-0.05, 0) is 62.4 Å². The highest BCUT2D eigenvalue weighted by molar-refractivity contribution is 7.89. The Morgan fingerprint density at radius 2 is 1.90 bits per heavy atom. The van der Waals surface area contributed by atoms with Crippen molar-refractivity contribution in [3.63, 3.8) is 0 Å². The second-order valence-electron chi connectivity index (χ2n) is 13.8. The van der Waals surface area contributed by atoms with Crippen LogP contribution in [-0.4, -0.2) is 118 Å². The number of carbonyl (C=O) groups is 1. The van der Waals surface area contributed by atoms with E-state index < -0.39 is 34.4 Å². The van der Waals surface area contributed by atoms with E-state index in [1.165, 1.54) is 29.3 Å². The second-order valence-corrected chi connectivity index (χ2v) is 15.7. The molecule has 268 valence electrons. The summed E-state index contributed by atoms with van der Waals surface area (Å²) in [6.07, 6.45) is 0.651. The van der Waals surface area contributed by atoms with Crippen molar-refractivity contribution < 1.29 is 36.9 Å². The van der Waals surface area contributed by atoms with Crippen molar-refractivity contribution in [1.82, 2.24) is 19.5 Å². The molecule has 0 aliphatic carbocycles.